The van der Waals surface area contributed by atoms with Gasteiger partial charge < -0.3 is 4.74 Å². The summed E-state index contributed by atoms with van der Waals surface area (Å²) in [4.78, 5) is 0. The molecule has 12 heavy (non-hydrogen) atoms. The SMILES string of the molecule is [CH2]OC(CCCC)CCCCC. The second-order valence-electron chi connectivity index (χ2n) is 3.43. The number of hydrogen-bond acceptors (Lipinski definition) is 1. The highest BCUT2D eigenvalue weighted by Gasteiger charge is 2.05. The van der Waals surface area contributed by atoms with Gasteiger partial charge in [0.05, 0.1) is 13.2 Å². The number of unbranched alkanes of at least 4 members (excludes halogenated alkanes) is 3. The highest BCUT2D eigenvalue weighted by atomic mass is 16.5. The molecule has 0 heterocycles. The van der Waals surface area contributed by atoms with Crippen molar-refractivity contribution in [2.24, 2.45) is 0 Å². The molecule has 1 unspecified atom stereocenters. The van der Waals surface area contributed by atoms with Crippen LogP contribution in [0.25, 0.3) is 0 Å². The molecule has 0 saturated carbocycles. The van der Waals surface area contributed by atoms with Crippen molar-refractivity contribution in [1.29, 1.82) is 0 Å². The summed E-state index contributed by atoms with van der Waals surface area (Å²) in [5.41, 5.74) is 0. The van der Waals surface area contributed by atoms with E-state index in [0.717, 1.165) is 0 Å². The Morgan fingerprint density at radius 3 is 2.08 bits per heavy atom. The molecule has 0 aromatic heterocycles. The molecule has 1 atom stereocenters. The molecule has 0 aliphatic rings. The third kappa shape index (κ3) is 6.66. The van der Waals surface area contributed by atoms with Gasteiger partial charge in [0.2, 0.25) is 0 Å². The molecule has 0 amide bonds. The molecule has 0 spiro atoms. The number of ether oxygens (including phenoxy) is 1. The fourth-order valence-corrected chi connectivity index (χ4v) is 1.36. The van der Waals surface area contributed by atoms with Crippen molar-refractivity contribution in [2.45, 2.75) is 64.9 Å². The van der Waals surface area contributed by atoms with E-state index >= 15 is 0 Å². The first-order valence-corrected chi connectivity index (χ1v) is 5.26. The van der Waals surface area contributed by atoms with Gasteiger partial charge in [0, 0.05) is 0 Å². The molecule has 0 aliphatic carbocycles. The summed E-state index contributed by atoms with van der Waals surface area (Å²) in [7, 11) is 3.52. The largest absolute Gasteiger partial charge is 0.376 e. The van der Waals surface area contributed by atoms with Crippen molar-refractivity contribution in [3.05, 3.63) is 7.11 Å². The molecule has 1 radical (unpaired) electrons. The first-order chi connectivity index (χ1) is 5.85. The van der Waals surface area contributed by atoms with Crippen LogP contribution in [0.3, 0.4) is 0 Å². The van der Waals surface area contributed by atoms with E-state index < -0.39 is 0 Å². The molecule has 0 aromatic rings. The summed E-state index contributed by atoms with van der Waals surface area (Å²) >= 11 is 0. The third-order valence-electron chi connectivity index (χ3n) is 2.25. The van der Waals surface area contributed by atoms with Crippen molar-refractivity contribution in [1.82, 2.24) is 0 Å². The molecular formula is C11H23O. The Morgan fingerprint density at radius 1 is 1.00 bits per heavy atom. The lowest BCUT2D eigenvalue weighted by atomic mass is 10.1. The zero-order valence-corrected chi connectivity index (χ0v) is 8.64. The average molecular weight is 171 g/mol. The highest BCUT2D eigenvalue weighted by Crippen LogP contribution is 2.12. The van der Waals surface area contributed by atoms with Crippen LogP contribution in [-0.2, 0) is 4.74 Å². The van der Waals surface area contributed by atoms with Gasteiger partial charge in [-0.3, -0.25) is 0 Å². The van der Waals surface area contributed by atoms with E-state index in [1.54, 1.807) is 0 Å². The lowest BCUT2D eigenvalue weighted by Gasteiger charge is -2.13. The quantitative estimate of drug-likeness (QED) is 0.503. The van der Waals surface area contributed by atoms with Gasteiger partial charge in [0.15, 0.2) is 0 Å². The fourth-order valence-electron chi connectivity index (χ4n) is 1.36. The van der Waals surface area contributed by atoms with Crippen LogP contribution in [0.4, 0.5) is 0 Å². The summed E-state index contributed by atoms with van der Waals surface area (Å²) < 4.78 is 5.15. The van der Waals surface area contributed by atoms with Gasteiger partial charge in [0.25, 0.3) is 0 Å². The van der Waals surface area contributed by atoms with Gasteiger partial charge in [-0.15, -0.1) is 0 Å². The van der Waals surface area contributed by atoms with Crippen LogP contribution >= 0.6 is 0 Å². The first-order valence-electron chi connectivity index (χ1n) is 5.26. The minimum Gasteiger partial charge on any atom is -0.376 e. The van der Waals surface area contributed by atoms with Crippen LogP contribution in [0.1, 0.15) is 58.8 Å². The predicted octanol–water partition coefficient (Wildman–Crippen LogP) is 3.93. The number of hydrogen-bond donors (Lipinski definition) is 0. The van der Waals surface area contributed by atoms with Crippen LogP contribution in [-0.4, -0.2) is 6.10 Å². The Hall–Kier alpha value is -0.0400. The van der Waals surface area contributed by atoms with Crippen LogP contribution in [0.15, 0.2) is 0 Å². The summed E-state index contributed by atoms with van der Waals surface area (Å²) in [6, 6.07) is 0. The van der Waals surface area contributed by atoms with Crippen molar-refractivity contribution in [2.75, 3.05) is 0 Å². The summed E-state index contributed by atoms with van der Waals surface area (Å²) in [6.07, 6.45) is 9.22. The van der Waals surface area contributed by atoms with Gasteiger partial charge >= 0.3 is 0 Å². The predicted molar refractivity (Wildman–Crippen MR) is 53.9 cm³/mol. The third-order valence-corrected chi connectivity index (χ3v) is 2.25. The van der Waals surface area contributed by atoms with Gasteiger partial charge in [0.1, 0.15) is 0 Å². The monoisotopic (exact) mass is 171 g/mol. The molecule has 0 N–H and O–H groups in total. The maximum Gasteiger partial charge on any atom is 0.0704 e. The molecule has 73 valence electrons. The summed E-state index contributed by atoms with van der Waals surface area (Å²) in [6.45, 7) is 4.44. The van der Waals surface area contributed by atoms with E-state index in [1.807, 2.05) is 0 Å². The maximum atomic E-state index is 5.15. The van der Waals surface area contributed by atoms with Crippen LogP contribution in [0, 0.1) is 7.11 Å². The number of rotatable bonds is 8. The minimum absolute atomic E-state index is 0.413. The molecule has 0 aromatic carbocycles. The Kier molecular flexibility index (Phi) is 9.02. The van der Waals surface area contributed by atoms with E-state index in [0.29, 0.717) is 6.10 Å². The van der Waals surface area contributed by atoms with E-state index in [2.05, 4.69) is 21.0 Å². The Balaban J connectivity index is 3.26. The van der Waals surface area contributed by atoms with Gasteiger partial charge in [-0.2, -0.15) is 0 Å². The van der Waals surface area contributed by atoms with Crippen molar-refractivity contribution < 1.29 is 4.74 Å². The van der Waals surface area contributed by atoms with Gasteiger partial charge in [-0.05, 0) is 12.8 Å². The van der Waals surface area contributed by atoms with Gasteiger partial charge in [-0.1, -0.05) is 46.0 Å². The van der Waals surface area contributed by atoms with E-state index in [1.165, 1.54) is 44.9 Å². The lowest BCUT2D eigenvalue weighted by molar-refractivity contribution is 0.116. The van der Waals surface area contributed by atoms with E-state index in [9.17, 15) is 0 Å². The van der Waals surface area contributed by atoms with Gasteiger partial charge in [-0.25, -0.2) is 0 Å². The van der Waals surface area contributed by atoms with Crippen LogP contribution in [0.5, 0.6) is 0 Å². The van der Waals surface area contributed by atoms with Crippen molar-refractivity contribution >= 4 is 0 Å². The lowest BCUT2D eigenvalue weighted by Crippen LogP contribution is -2.08. The van der Waals surface area contributed by atoms with Crippen molar-refractivity contribution in [3.8, 4) is 0 Å². The summed E-state index contributed by atoms with van der Waals surface area (Å²) in [5.74, 6) is 0. The van der Waals surface area contributed by atoms with E-state index in [4.69, 9.17) is 4.74 Å². The molecule has 0 bridgehead atoms. The Morgan fingerprint density at radius 2 is 1.58 bits per heavy atom. The zero-order chi connectivity index (χ0) is 9.23. The summed E-state index contributed by atoms with van der Waals surface area (Å²) in [5, 5.41) is 0. The zero-order valence-electron chi connectivity index (χ0n) is 8.64. The highest BCUT2D eigenvalue weighted by molar-refractivity contribution is 4.58. The normalized spacial score (nSPS) is 13.2. The molecule has 0 rings (SSSR count). The fraction of sp³-hybridized carbons (Fsp3) is 0.909. The molecule has 0 fully saturated rings. The topological polar surface area (TPSA) is 9.23 Å². The minimum atomic E-state index is 0.413. The molecule has 1 heteroatoms. The van der Waals surface area contributed by atoms with Crippen LogP contribution in [0.2, 0.25) is 0 Å². The molecule has 1 nitrogen and oxygen atoms in total. The molecule has 0 saturated heterocycles. The second kappa shape index (κ2) is 9.05. The second-order valence-corrected chi connectivity index (χ2v) is 3.43. The van der Waals surface area contributed by atoms with Crippen LogP contribution < -0.4 is 0 Å². The van der Waals surface area contributed by atoms with Crippen molar-refractivity contribution in [3.63, 3.8) is 0 Å². The Bertz CT molecular complexity index is 81.1. The molecule has 0 aliphatic heterocycles. The van der Waals surface area contributed by atoms with E-state index in [-0.39, 0.29) is 0 Å². The Labute approximate surface area is 77.5 Å². The standard InChI is InChI=1S/C11H23O/c1-4-6-8-10-11(12-3)9-7-5-2/h11H,3-10H2,1-2H3. The maximum absolute atomic E-state index is 5.15. The smallest absolute Gasteiger partial charge is 0.0704 e. The average Bonchev–Trinajstić information content (AvgIpc) is 2.11. The first kappa shape index (κ1) is 12.0. The molecular weight excluding hydrogens is 148 g/mol.